The maximum atomic E-state index is 12.4. The van der Waals surface area contributed by atoms with Crippen LogP contribution in [0.5, 0.6) is 5.75 Å². The highest BCUT2D eigenvalue weighted by Gasteiger charge is 2.30. The predicted octanol–water partition coefficient (Wildman–Crippen LogP) is 3.84. The van der Waals surface area contributed by atoms with E-state index in [0.29, 0.717) is 21.3 Å². The van der Waals surface area contributed by atoms with Crippen LogP contribution in [0.15, 0.2) is 52.4 Å². The molecule has 0 saturated carbocycles. The number of carbonyl (C=O) groups is 1. The highest BCUT2D eigenvalue weighted by atomic mass is 32.2. The summed E-state index contributed by atoms with van der Waals surface area (Å²) in [5.41, 5.74) is 1.97. The number of aromatic hydroxyl groups is 1. The summed E-state index contributed by atoms with van der Waals surface area (Å²) in [5.74, 6) is -0.176. The summed E-state index contributed by atoms with van der Waals surface area (Å²) in [6.45, 7) is 1.86. The molecule has 2 aromatic carbocycles. The summed E-state index contributed by atoms with van der Waals surface area (Å²) in [5, 5.41) is 21.1. The van der Waals surface area contributed by atoms with E-state index in [1.165, 1.54) is 28.8 Å². The normalized spacial score (nSPS) is 17.3. The zero-order valence-electron chi connectivity index (χ0n) is 14.0. The van der Waals surface area contributed by atoms with Gasteiger partial charge in [0, 0.05) is 19.2 Å². The molecular formula is C18H15N3O4S. The van der Waals surface area contributed by atoms with E-state index in [0.717, 1.165) is 5.56 Å². The fourth-order valence-corrected chi connectivity index (χ4v) is 3.31. The lowest BCUT2D eigenvalue weighted by molar-refractivity contribution is -0.384. The first-order valence-corrected chi connectivity index (χ1v) is 8.47. The van der Waals surface area contributed by atoms with Crippen LogP contribution in [-0.4, -0.2) is 33.1 Å². The first kappa shape index (κ1) is 17.7. The molecule has 0 spiro atoms. The molecule has 1 fully saturated rings. The highest BCUT2D eigenvalue weighted by molar-refractivity contribution is 8.18. The van der Waals surface area contributed by atoms with Crippen molar-refractivity contribution >= 4 is 40.3 Å². The molecule has 0 bridgehead atoms. The molecule has 1 aliphatic rings. The van der Waals surface area contributed by atoms with Gasteiger partial charge in [-0.15, -0.1) is 0 Å². The van der Waals surface area contributed by atoms with Crippen LogP contribution in [0.25, 0.3) is 6.08 Å². The van der Waals surface area contributed by atoms with E-state index in [1.807, 2.05) is 13.0 Å². The number of aliphatic imine (C=N–C) groups is 1. The molecule has 0 unspecified atom stereocenters. The minimum Gasteiger partial charge on any atom is -0.506 e. The van der Waals surface area contributed by atoms with Crippen LogP contribution in [0.2, 0.25) is 0 Å². The Hall–Kier alpha value is -3.13. The van der Waals surface area contributed by atoms with Crippen molar-refractivity contribution < 1.29 is 14.8 Å². The van der Waals surface area contributed by atoms with Crippen molar-refractivity contribution in [2.45, 2.75) is 6.92 Å². The molecule has 1 N–H and O–H groups in total. The van der Waals surface area contributed by atoms with Gasteiger partial charge in [-0.1, -0.05) is 6.07 Å². The number of nitrogens with zero attached hydrogens (tertiary/aromatic N) is 3. The Labute approximate surface area is 153 Å². The third-order valence-corrected chi connectivity index (χ3v) is 4.81. The molecule has 3 rings (SSSR count). The van der Waals surface area contributed by atoms with Crippen molar-refractivity contribution in [3.63, 3.8) is 0 Å². The van der Waals surface area contributed by atoms with Gasteiger partial charge in [0.15, 0.2) is 5.17 Å². The topological polar surface area (TPSA) is 96.0 Å². The number of phenolic OH excluding ortho intramolecular Hbond substituents is 1. The molecule has 132 valence electrons. The van der Waals surface area contributed by atoms with Gasteiger partial charge in [0.1, 0.15) is 11.4 Å². The van der Waals surface area contributed by atoms with Gasteiger partial charge in [0.05, 0.1) is 9.83 Å². The number of likely N-dealkylation sites (N-methyl/N-ethyl adjacent to an activating group) is 1. The molecule has 1 saturated heterocycles. The van der Waals surface area contributed by atoms with Crippen LogP contribution < -0.4 is 0 Å². The maximum Gasteiger partial charge on any atom is 0.269 e. The lowest BCUT2D eigenvalue weighted by atomic mass is 10.2. The summed E-state index contributed by atoms with van der Waals surface area (Å²) < 4.78 is 0. The van der Waals surface area contributed by atoms with Crippen LogP contribution in [0.3, 0.4) is 0 Å². The summed E-state index contributed by atoms with van der Waals surface area (Å²) in [6.07, 6.45) is 1.66. The van der Waals surface area contributed by atoms with E-state index in [9.17, 15) is 20.0 Å². The fourth-order valence-electron chi connectivity index (χ4n) is 2.33. The Morgan fingerprint density at radius 1 is 1.23 bits per heavy atom. The van der Waals surface area contributed by atoms with Gasteiger partial charge in [-0.25, -0.2) is 4.99 Å². The first-order chi connectivity index (χ1) is 12.3. The maximum absolute atomic E-state index is 12.4. The average molecular weight is 369 g/mol. The van der Waals surface area contributed by atoms with Crippen LogP contribution in [0.1, 0.15) is 11.1 Å². The van der Waals surface area contributed by atoms with E-state index in [2.05, 4.69) is 4.99 Å². The number of carbonyl (C=O) groups excluding carboxylic acids is 1. The standard InChI is InChI=1S/C18H15N3O4S/c1-11-3-8-14(15(22)9-11)19-18-20(2)17(23)16(26-18)10-12-4-6-13(7-5-12)21(24)25/h3-10,22H,1-2H3/b16-10-,19-18?. The smallest absolute Gasteiger partial charge is 0.269 e. The molecule has 7 nitrogen and oxygen atoms in total. The Bertz CT molecular complexity index is 951. The molecule has 0 atom stereocenters. The molecular weight excluding hydrogens is 354 g/mol. The molecule has 2 aromatic rings. The Morgan fingerprint density at radius 2 is 1.92 bits per heavy atom. The quantitative estimate of drug-likeness (QED) is 0.504. The van der Waals surface area contributed by atoms with Crippen LogP contribution in [0, 0.1) is 17.0 Å². The number of amides is 1. The van der Waals surface area contributed by atoms with Crippen molar-refractivity contribution in [1.29, 1.82) is 0 Å². The predicted molar refractivity (Wildman–Crippen MR) is 101 cm³/mol. The zero-order chi connectivity index (χ0) is 18.8. The Balaban J connectivity index is 1.88. The Morgan fingerprint density at radius 3 is 2.54 bits per heavy atom. The number of thioether (sulfide) groups is 1. The number of amidine groups is 1. The van der Waals surface area contributed by atoms with Crippen molar-refractivity contribution in [1.82, 2.24) is 4.90 Å². The number of nitro groups is 1. The molecule has 8 heteroatoms. The summed E-state index contributed by atoms with van der Waals surface area (Å²) >= 11 is 1.18. The van der Waals surface area contributed by atoms with Gasteiger partial charge < -0.3 is 5.11 Å². The first-order valence-electron chi connectivity index (χ1n) is 7.65. The number of benzene rings is 2. The number of hydrogen-bond donors (Lipinski definition) is 1. The molecule has 1 amide bonds. The van der Waals surface area contributed by atoms with E-state index in [1.54, 1.807) is 37.4 Å². The molecule has 0 aromatic heterocycles. The minimum absolute atomic E-state index is 0.00762. The summed E-state index contributed by atoms with van der Waals surface area (Å²) in [4.78, 5) is 28.9. The van der Waals surface area contributed by atoms with Crippen molar-refractivity contribution in [3.05, 3.63) is 68.6 Å². The number of nitro benzene ring substituents is 1. The number of hydrogen-bond acceptors (Lipinski definition) is 6. The van der Waals surface area contributed by atoms with Crippen molar-refractivity contribution in [2.24, 2.45) is 4.99 Å². The third-order valence-electron chi connectivity index (χ3n) is 3.75. The number of rotatable bonds is 3. The monoisotopic (exact) mass is 369 g/mol. The second-order valence-electron chi connectivity index (χ2n) is 5.71. The van der Waals surface area contributed by atoms with E-state index in [4.69, 9.17) is 0 Å². The van der Waals surface area contributed by atoms with Crippen LogP contribution in [-0.2, 0) is 4.79 Å². The van der Waals surface area contributed by atoms with Crippen LogP contribution in [0.4, 0.5) is 11.4 Å². The molecule has 26 heavy (non-hydrogen) atoms. The minimum atomic E-state index is -0.473. The van der Waals surface area contributed by atoms with Gasteiger partial charge in [0.25, 0.3) is 11.6 Å². The SMILES string of the molecule is Cc1ccc(N=C2S/C(=C\c3ccc([N+](=O)[O-])cc3)C(=O)N2C)c(O)c1. The molecule has 1 heterocycles. The van der Waals surface area contributed by atoms with Gasteiger partial charge >= 0.3 is 0 Å². The second kappa shape index (κ2) is 7.01. The highest BCUT2D eigenvalue weighted by Crippen LogP contribution is 2.35. The van der Waals surface area contributed by atoms with Crippen molar-refractivity contribution in [3.8, 4) is 5.75 Å². The second-order valence-corrected chi connectivity index (χ2v) is 6.72. The fraction of sp³-hybridized carbons (Fsp3) is 0.111. The van der Waals surface area contributed by atoms with E-state index in [-0.39, 0.29) is 17.3 Å². The largest absolute Gasteiger partial charge is 0.506 e. The summed E-state index contributed by atoms with van der Waals surface area (Å²) in [7, 11) is 1.61. The van der Waals surface area contributed by atoms with E-state index < -0.39 is 4.92 Å². The molecule has 1 aliphatic heterocycles. The summed E-state index contributed by atoms with van der Waals surface area (Å²) in [6, 6.07) is 11.1. The van der Waals surface area contributed by atoms with Crippen molar-refractivity contribution in [2.75, 3.05) is 7.05 Å². The lowest BCUT2D eigenvalue weighted by Gasteiger charge is -2.08. The van der Waals surface area contributed by atoms with E-state index >= 15 is 0 Å². The lowest BCUT2D eigenvalue weighted by Crippen LogP contribution is -2.23. The van der Waals surface area contributed by atoms with Gasteiger partial charge in [0.2, 0.25) is 0 Å². The zero-order valence-corrected chi connectivity index (χ0v) is 14.9. The number of non-ortho nitro benzene ring substituents is 1. The van der Waals surface area contributed by atoms with Gasteiger partial charge in [-0.2, -0.15) is 0 Å². The Kier molecular flexibility index (Phi) is 4.77. The molecule has 0 radical (unpaired) electrons. The average Bonchev–Trinajstić information content (AvgIpc) is 2.86. The molecule has 0 aliphatic carbocycles. The number of aryl methyl sites for hydroxylation is 1. The van der Waals surface area contributed by atoms with Gasteiger partial charge in [-0.05, 0) is 60.2 Å². The van der Waals surface area contributed by atoms with Crippen LogP contribution >= 0.6 is 11.8 Å². The van der Waals surface area contributed by atoms with Gasteiger partial charge in [-0.3, -0.25) is 19.8 Å². The number of phenols is 1. The third kappa shape index (κ3) is 3.60.